The number of nitrogens with one attached hydrogen (secondary N) is 2. The lowest BCUT2D eigenvalue weighted by molar-refractivity contribution is 0.126. The van der Waals surface area contributed by atoms with Gasteiger partial charge in [-0.15, -0.1) is 35.3 Å². The Hall–Kier alpha value is -1.16. The first kappa shape index (κ1) is 23.1. The summed E-state index contributed by atoms with van der Waals surface area (Å²) in [5, 5.41) is 8.89. The molecule has 0 unspecified atom stereocenters. The van der Waals surface area contributed by atoms with E-state index in [1.54, 1.807) is 11.3 Å². The molecule has 0 amide bonds. The minimum absolute atomic E-state index is 0. The minimum Gasteiger partial charge on any atom is -0.356 e. The Bertz CT molecular complexity index is 669. The lowest BCUT2D eigenvalue weighted by atomic mass is 10.2. The van der Waals surface area contributed by atoms with E-state index in [2.05, 4.69) is 73.3 Å². The third-order valence-corrected chi connectivity index (χ3v) is 5.77. The van der Waals surface area contributed by atoms with Crippen LogP contribution in [0.1, 0.15) is 16.9 Å². The third-order valence-electron chi connectivity index (χ3n) is 4.89. The summed E-state index contributed by atoms with van der Waals surface area (Å²) in [6.45, 7) is 8.65. The number of hydrogen-bond acceptors (Lipinski definition) is 4. The normalized spacial score (nSPS) is 15.8. The molecule has 154 valence electrons. The van der Waals surface area contributed by atoms with Gasteiger partial charge in [0.25, 0.3) is 0 Å². The Morgan fingerprint density at radius 3 is 2.43 bits per heavy atom. The van der Waals surface area contributed by atoms with E-state index in [9.17, 15) is 0 Å². The van der Waals surface area contributed by atoms with E-state index < -0.39 is 0 Å². The number of halogens is 1. The van der Waals surface area contributed by atoms with Crippen LogP contribution in [-0.4, -0.2) is 62.1 Å². The number of guanidine groups is 1. The van der Waals surface area contributed by atoms with Gasteiger partial charge in [-0.1, -0.05) is 36.4 Å². The highest BCUT2D eigenvalue weighted by Crippen LogP contribution is 2.09. The first-order valence-electron chi connectivity index (χ1n) is 9.79. The molecule has 0 aliphatic carbocycles. The maximum Gasteiger partial charge on any atom is 0.191 e. The van der Waals surface area contributed by atoms with Gasteiger partial charge in [0.15, 0.2) is 5.96 Å². The number of hydrogen-bond donors (Lipinski definition) is 2. The lowest BCUT2D eigenvalue weighted by Gasteiger charge is -2.34. The number of benzene rings is 1. The zero-order chi connectivity index (χ0) is 18.7. The zero-order valence-corrected chi connectivity index (χ0v) is 19.8. The number of piperazine rings is 1. The molecule has 1 saturated heterocycles. The van der Waals surface area contributed by atoms with Crippen molar-refractivity contribution in [1.82, 2.24) is 20.4 Å². The van der Waals surface area contributed by atoms with E-state index in [1.165, 1.54) is 10.4 Å². The Morgan fingerprint density at radius 2 is 1.75 bits per heavy atom. The summed E-state index contributed by atoms with van der Waals surface area (Å²) in [6, 6.07) is 15.0. The van der Waals surface area contributed by atoms with E-state index >= 15 is 0 Å². The fourth-order valence-electron chi connectivity index (χ4n) is 3.33. The smallest absolute Gasteiger partial charge is 0.191 e. The van der Waals surface area contributed by atoms with Gasteiger partial charge in [0.1, 0.15) is 0 Å². The van der Waals surface area contributed by atoms with Gasteiger partial charge in [-0.3, -0.25) is 9.89 Å². The van der Waals surface area contributed by atoms with Gasteiger partial charge in [-0.2, -0.15) is 0 Å². The van der Waals surface area contributed by atoms with Gasteiger partial charge in [-0.05, 0) is 30.0 Å². The Labute approximate surface area is 190 Å². The molecule has 28 heavy (non-hydrogen) atoms. The highest BCUT2D eigenvalue weighted by Gasteiger charge is 2.16. The first-order chi connectivity index (χ1) is 13.3. The molecule has 0 spiro atoms. The van der Waals surface area contributed by atoms with Crippen LogP contribution < -0.4 is 10.6 Å². The summed E-state index contributed by atoms with van der Waals surface area (Å²) in [5.74, 6) is 0.885. The molecular weight excluding hydrogens is 481 g/mol. The summed E-state index contributed by atoms with van der Waals surface area (Å²) >= 11 is 1.77. The van der Waals surface area contributed by atoms with Crippen LogP contribution in [-0.2, 0) is 13.1 Å². The summed E-state index contributed by atoms with van der Waals surface area (Å²) in [4.78, 5) is 10.8. The first-order valence-corrected chi connectivity index (χ1v) is 10.7. The maximum absolute atomic E-state index is 4.30. The van der Waals surface area contributed by atoms with Crippen LogP contribution in [0.15, 0.2) is 52.8 Å². The van der Waals surface area contributed by atoms with E-state index in [-0.39, 0.29) is 24.0 Å². The highest BCUT2D eigenvalue weighted by molar-refractivity contribution is 14.0. The van der Waals surface area contributed by atoms with Crippen molar-refractivity contribution in [2.75, 3.05) is 46.3 Å². The predicted molar refractivity (Wildman–Crippen MR) is 131 cm³/mol. The van der Waals surface area contributed by atoms with E-state index in [0.717, 1.165) is 64.7 Å². The minimum atomic E-state index is 0. The fourth-order valence-corrected chi connectivity index (χ4v) is 3.97. The largest absolute Gasteiger partial charge is 0.356 e. The zero-order valence-electron chi connectivity index (χ0n) is 16.6. The molecule has 2 heterocycles. The van der Waals surface area contributed by atoms with Crippen molar-refractivity contribution in [3.05, 3.63) is 58.3 Å². The van der Waals surface area contributed by atoms with Crippen LogP contribution in [0.5, 0.6) is 0 Å². The molecule has 0 radical (unpaired) electrons. The quantitative estimate of drug-likeness (QED) is 0.246. The van der Waals surface area contributed by atoms with Crippen LogP contribution in [0.3, 0.4) is 0 Å². The van der Waals surface area contributed by atoms with Gasteiger partial charge >= 0.3 is 0 Å². The average molecular weight is 513 g/mol. The number of nitrogens with zero attached hydrogens (tertiary/aromatic N) is 3. The van der Waals surface area contributed by atoms with Gasteiger partial charge in [0.2, 0.25) is 0 Å². The third kappa shape index (κ3) is 8.06. The molecule has 2 N–H and O–H groups in total. The molecule has 1 aliphatic heterocycles. The van der Waals surface area contributed by atoms with Crippen LogP contribution in [0.2, 0.25) is 0 Å². The predicted octanol–water partition coefficient (Wildman–Crippen LogP) is 3.24. The number of thiophene rings is 1. The summed E-state index contributed by atoms with van der Waals surface area (Å²) in [6.07, 6.45) is 1.14. The number of rotatable bonds is 8. The average Bonchev–Trinajstić information content (AvgIpc) is 3.23. The van der Waals surface area contributed by atoms with Crippen molar-refractivity contribution in [3.63, 3.8) is 0 Å². The van der Waals surface area contributed by atoms with E-state index in [4.69, 9.17) is 0 Å². The van der Waals surface area contributed by atoms with Gasteiger partial charge in [0.05, 0.1) is 6.54 Å². The Balaban J connectivity index is 0.00000280. The number of aliphatic imine (C=N–C) groups is 1. The van der Waals surface area contributed by atoms with Crippen molar-refractivity contribution in [2.45, 2.75) is 19.5 Å². The molecule has 1 aromatic carbocycles. The van der Waals surface area contributed by atoms with Crippen LogP contribution in [0.4, 0.5) is 0 Å². The SMILES string of the molecule is CN=C(NCCCN1CCN(Cc2ccccc2)CC1)NCc1cccs1.I. The van der Waals surface area contributed by atoms with E-state index in [0.29, 0.717) is 0 Å². The molecule has 7 heteroatoms. The second-order valence-corrected chi connectivity index (χ2v) is 7.92. The molecule has 0 bridgehead atoms. The standard InChI is InChI=1S/C21H31N5S.HI/c1-22-21(24-17-20-9-5-16-27-20)23-10-6-11-25-12-14-26(15-13-25)18-19-7-3-2-4-8-19;/h2-5,7-9,16H,6,10-15,17-18H2,1H3,(H2,22,23,24);1H. The van der Waals surface area contributed by atoms with Crippen LogP contribution in [0, 0.1) is 0 Å². The van der Waals surface area contributed by atoms with Crippen molar-refractivity contribution in [2.24, 2.45) is 4.99 Å². The van der Waals surface area contributed by atoms with Crippen LogP contribution >= 0.6 is 35.3 Å². The molecule has 5 nitrogen and oxygen atoms in total. The molecule has 1 aromatic heterocycles. The van der Waals surface area contributed by atoms with Crippen molar-refractivity contribution in [1.29, 1.82) is 0 Å². The topological polar surface area (TPSA) is 42.9 Å². The Kier molecular flexibility index (Phi) is 10.8. The fraction of sp³-hybridized carbons (Fsp3) is 0.476. The van der Waals surface area contributed by atoms with Crippen molar-refractivity contribution >= 4 is 41.3 Å². The van der Waals surface area contributed by atoms with Gasteiger partial charge in [0, 0.05) is 51.2 Å². The molecule has 1 aliphatic rings. The van der Waals surface area contributed by atoms with Crippen molar-refractivity contribution < 1.29 is 0 Å². The highest BCUT2D eigenvalue weighted by atomic mass is 127. The molecule has 1 fully saturated rings. The Morgan fingerprint density at radius 1 is 1.00 bits per heavy atom. The molecule has 0 saturated carbocycles. The summed E-state index contributed by atoms with van der Waals surface area (Å²) in [7, 11) is 1.83. The summed E-state index contributed by atoms with van der Waals surface area (Å²) < 4.78 is 0. The lowest BCUT2D eigenvalue weighted by Crippen LogP contribution is -2.46. The monoisotopic (exact) mass is 513 g/mol. The van der Waals surface area contributed by atoms with Gasteiger partial charge in [-0.25, -0.2) is 0 Å². The van der Waals surface area contributed by atoms with Crippen LogP contribution in [0.25, 0.3) is 0 Å². The maximum atomic E-state index is 4.30. The summed E-state index contributed by atoms with van der Waals surface area (Å²) in [5.41, 5.74) is 1.41. The molecule has 3 rings (SSSR count). The molecule has 0 atom stereocenters. The second-order valence-electron chi connectivity index (χ2n) is 6.89. The van der Waals surface area contributed by atoms with Gasteiger partial charge < -0.3 is 15.5 Å². The van der Waals surface area contributed by atoms with Crippen molar-refractivity contribution in [3.8, 4) is 0 Å². The second kappa shape index (κ2) is 13.1. The molecular formula is C21H32IN5S. The molecule has 2 aromatic rings. The van der Waals surface area contributed by atoms with E-state index in [1.807, 2.05) is 7.05 Å².